The smallest absolute Gasteiger partial charge is 0.335 e. The van der Waals surface area contributed by atoms with Crippen LogP contribution in [0.4, 0.5) is 0 Å². The molecule has 1 aliphatic carbocycles. The van der Waals surface area contributed by atoms with Gasteiger partial charge in [0.1, 0.15) is 0 Å². The van der Waals surface area contributed by atoms with E-state index >= 15 is 0 Å². The summed E-state index contributed by atoms with van der Waals surface area (Å²) in [4.78, 5) is 24.1. The van der Waals surface area contributed by atoms with Crippen LogP contribution in [0.3, 0.4) is 0 Å². The lowest BCUT2D eigenvalue weighted by Gasteiger charge is -2.18. The average Bonchev–Trinajstić information content (AvgIpc) is 3.39. The predicted molar refractivity (Wildman–Crippen MR) is 117 cm³/mol. The number of hydrogen-bond donors (Lipinski definition) is 0. The highest BCUT2D eigenvalue weighted by Crippen LogP contribution is 2.27. The second-order valence-electron chi connectivity index (χ2n) is 7.86. The van der Waals surface area contributed by atoms with Crippen LogP contribution >= 0.6 is 0 Å². The standard InChI is InChI=1S/C25H36O5/c1-3-4-5-6-7-9-13-20-17-18-22(26)21(20)14-10-8-11-15-23(25(27)28-2)30-24-16-12-19-29-24/h9-11,13,17-18,20-21,23-24H,3-7,12,14-16,19H2,1-2H3/b13-9+/t8?,20-,21+,23?,24?/m0/s1. The number of rotatable bonds is 13. The molecule has 1 saturated heterocycles. The van der Waals surface area contributed by atoms with Crippen LogP contribution in [0.25, 0.3) is 0 Å². The monoisotopic (exact) mass is 416 g/mol. The first-order valence-electron chi connectivity index (χ1n) is 11.3. The molecule has 5 heteroatoms. The second-order valence-corrected chi connectivity index (χ2v) is 7.86. The maximum Gasteiger partial charge on any atom is 0.335 e. The Morgan fingerprint density at radius 1 is 1.33 bits per heavy atom. The van der Waals surface area contributed by atoms with E-state index < -0.39 is 12.1 Å². The van der Waals surface area contributed by atoms with Crippen molar-refractivity contribution in [3.8, 4) is 0 Å². The minimum atomic E-state index is -0.697. The van der Waals surface area contributed by atoms with Crippen LogP contribution in [0.1, 0.15) is 64.7 Å². The number of allylic oxidation sites excluding steroid dienone is 4. The average molecular weight is 417 g/mol. The van der Waals surface area contributed by atoms with Gasteiger partial charge in [-0.3, -0.25) is 4.79 Å². The zero-order valence-corrected chi connectivity index (χ0v) is 18.4. The molecule has 2 unspecified atom stereocenters. The van der Waals surface area contributed by atoms with Crippen LogP contribution in [0.5, 0.6) is 0 Å². The van der Waals surface area contributed by atoms with Gasteiger partial charge in [0, 0.05) is 31.3 Å². The molecule has 166 valence electrons. The molecule has 0 aromatic carbocycles. The summed E-state index contributed by atoms with van der Waals surface area (Å²) in [5, 5.41) is 0. The van der Waals surface area contributed by atoms with Gasteiger partial charge in [0.25, 0.3) is 0 Å². The molecule has 2 rings (SSSR count). The summed E-state index contributed by atoms with van der Waals surface area (Å²) in [7, 11) is 1.35. The first-order chi connectivity index (χ1) is 14.7. The normalized spacial score (nSPS) is 24.2. The number of carbonyl (C=O) groups is 2. The van der Waals surface area contributed by atoms with Gasteiger partial charge in [-0.05, 0) is 43.9 Å². The molecule has 0 bridgehead atoms. The quantitative estimate of drug-likeness (QED) is 0.182. The molecule has 0 saturated carbocycles. The Morgan fingerprint density at radius 2 is 2.20 bits per heavy atom. The highest BCUT2D eigenvalue weighted by molar-refractivity contribution is 5.95. The van der Waals surface area contributed by atoms with E-state index in [-0.39, 0.29) is 23.9 Å². The van der Waals surface area contributed by atoms with Crippen molar-refractivity contribution in [2.24, 2.45) is 11.8 Å². The lowest BCUT2D eigenvalue weighted by atomic mass is 9.91. The first kappa shape index (κ1) is 24.3. The molecule has 0 spiro atoms. The van der Waals surface area contributed by atoms with Gasteiger partial charge in [0.15, 0.2) is 18.2 Å². The van der Waals surface area contributed by atoms with Crippen LogP contribution in [0.15, 0.2) is 42.2 Å². The molecule has 1 aliphatic heterocycles. The number of carbonyl (C=O) groups excluding carboxylic acids is 2. The summed E-state index contributed by atoms with van der Waals surface area (Å²) in [5.74, 6) is -0.143. The highest BCUT2D eigenvalue weighted by atomic mass is 16.7. The van der Waals surface area contributed by atoms with E-state index in [2.05, 4.69) is 24.8 Å². The Balaban J connectivity index is 1.80. The van der Waals surface area contributed by atoms with E-state index in [1.54, 1.807) is 12.2 Å². The molecule has 5 nitrogen and oxygen atoms in total. The SMILES string of the molecule is CCCCCC/C=C/[C@H]1C=CC(=O)[C@@H]1CC=C=CCC(OC1CCCO1)C(=O)OC. The van der Waals surface area contributed by atoms with Crippen LogP contribution in [-0.2, 0) is 23.8 Å². The Bertz CT molecular complexity index is 650. The third-order valence-corrected chi connectivity index (χ3v) is 5.50. The van der Waals surface area contributed by atoms with Crippen molar-refractivity contribution in [1.29, 1.82) is 0 Å². The predicted octanol–water partition coefficient (Wildman–Crippen LogP) is 5.07. The summed E-state index contributed by atoms with van der Waals surface area (Å²) in [6.45, 7) is 2.87. The Hall–Kier alpha value is -1.94. The molecule has 1 fully saturated rings. The molecule has 0 aromatic heterocycles. The van der Waals surface area contributed by atoms with Gasteiger partial charge in [0.05, 0.1) is 7.11 Å². The minimum Gasteiger partial charge on any atom is -0.467 e. The highest BCUT2D eigenvalue weighted by Gasteiger charge is 2.27. The fourth-order valence-electron chi connectivity index (χ4n) is 3.70. The minimum absolute atomic E-state index is 0.0580. The Morgan fingerprint density at radius 3 is 2.93 bits per heavy atom. The molecular formula is C25H36O5. The third kappa shape index (κ3) is 8.43. The molecule has 0 radical (unpaired) electrons. The Kier molecular flexibility index (Phi) is 11.5. The van der Waals surface area contributed by atoms with Crippen LogP contribution in [0, 0.1) is 11.8 Å². The molecule has 1 heterocycles. The largest absolute Gasteiger partial charge is 0.467 e. The summed E-state index contributed by atoms with van der Waals surface area (Å²) in [5.41, 5.74) is 3.10. The number of methoxy groups -OCH3 is 1. The fraction of sp³-hybridized carbons (Fsp3) is 0.640. The molecule has 0 amide bonds. The first-order valence-corrected chi connectivity index (χ1v) is 11.3. The maximum absolute atomic E-state index is 12.2. The third-order valence-electron chi connectivity index (χ3n) is 5.50. The molecule has 4 atom stereocenters. The molecular weight excluding hydrogens is 380 g/mol. The molecule has 0 N–H and O–H groups in total. The maximum atomic E-state index is 12.2. The number of ether oxygens (including phenoxy) is 3. The van der Waals surface area contributed by atoms with Crippen molar-refractivity contribution < 1.29 is 23.8 Å². The van der Waals surface area contributed by atoms with Crippen molar-refractivity contribution in [2.45, 2.75) is 77.1 Å². The van der Waals surface area contributed by atoms with Crippen molar-refractivity contribution in [3.63, 3.8) is 0 Å². The van der Waals surface area contributed by atoms with E-state index in [0.717, 1.165) is 19.3 Å². The molecule has 2 aliphatic rings. The number of unbranched alkanes of at least 4 members (excludes halogenated alkanes) is 4. The van der Waals surface area contributed by atoms with Crippen LogP contribution in [-0.4, -0.2) is 37.9 Å². The van der Waals surface area contributed by atoms with Crippen LogP contribution < -0.4 is 0 Å². The van der Waals surface area contributed by atoms with Gasteiger partial charge >= 0.3 is 5.97 Å². The summed E-state index contributed by atoms with van der Waals surface area (Å²) < 4.78 is 16.0. The zero-order valence-electron chi connectivity index (χ0n) is 18.4. The van der Waals surface area contributed by atoms with E-state index in [1.165, 1.54) is 32.8 Å². The van der Waals surface area contributed by atoms with E-state index in [9.17, 15) is 9.59 Å². The lowest BCUT2D eigenvalue weighted by Crippen LogP contribution is -2.29. The van der Waals surface area contributed by atoms with Crippen molar-refractivity contribution in [3.05, 3.63) is 42.2 Å². The van der Waals surface area contributed by atoms with Crippen LogP contribution in [0.2, 0.25) is 0 Å². The summed E-state index contributed by atoms with van der Waals surface area (Å²) in [6.07, 6.45) is 19.4. The number of esters is 1. The van der Waals surface area contributed by atoms with Gasteiger partial charge < -0.3 is 14.2 Å². The fourth-order valence-corrected chi connectivity index (χ4v) is 3.70. The van der Waals surface area contributed by atoms with E-state index in [4.69, 9.17) is 14.2 Å². The molecule has 0 aromatic rings. The Labute approximate surface area is 180 Å². The van der Waals surface area contributed by atoms with Gasteiger partial charge in [0.2, 0.25) is 0 Å². The van der Waals surface area contributed by atoms with Crippen molar-refractivity contribution in [2.75, 3.05) is 13.7 Å². The van der Waals surface area contributed by atoms with E-state index in [0.29, 0.717) is 19.4 Å². The van der Waals surface area contributed by atoms with Gasteiger partial charge in [-0.25, -0.2) is 4.79 Å². The van der Waals surface area contributed by atoms with Crippen molar-refractivity contribution >= 4 is 11.8 Å². The number of hydrogen-bond acceptors (Lipinski definition) is 5. The van der Waals surface area contributed by atoms with Gasteiger partial charge in [-0.2, -0.15) is 0 Å². The molecule has 30 heavy (non-hydrogen) atoms. The summed E-state index contributed by atoms with van der Waals surface area (Å²) in [6, 6.07) is 0. The van der Waals surface area contributed by atoms with E-state index in [1.807, 2.05) is 12.2 Å². The summed E-state index contributed by atoms with van der Waals surface area (Å²) >= 11 is 0. The van der Waals surface area contributed by atoms with Gasteiger partial charge in [-0.1, -0.05) is 44.4 Å². The van der Waals surface area contributed by atoms with Gasteiger partial charge in [-0.15, -0.1) is 5.73 Å². The van der Waals surface area contributed by atoms with Crippen molar-refractivity contribution in [1.82, 2.24) is 0 Å². The topological polar surface area (TPSA) is 61.8 Å². The lowest BCUT2D eigenvalue weighted by molar-refractivity contribution is -0.179. The second kappa shape index (κ2) is 14.1. The number of ketones is 1. The zero-order chi connectivity index (χ0) is 21.6.